The summed E-state index contributed by atoms with van der Waals surface area (Å²) in [5.74, 6) is 1.54. The molecule has 16 unspecified atom stereocenters. The van der Waals surface area contributed by atoms with Gasteiger partial charge in [0.2, 0.25) is 5.91 Å². The predicted octanol–water partition coefficient (Wildman–Crippen LogP) is 3.94. The number of likely N-dealkylation sites (N-methyl/N-ethyl adjacent to an activating group) is 1. The van der Waals surface area contributed by atoms with Crippen LogP contribution in [0.2, 0.25) is 0 Å². The molecule has 0 aromatic carbocycles. The average Bonchev–Trinajstić information content (AvgIpc) is 3.54. The second-order valence-electron chi connectivity index (χ2n) is 19.0. The molecule has 3 saturated heterocycles. The van der Waals surface area contributed by atoms with Crippen molar-refractivity contribution in [2.24, 2.45) is 51.1 Å². The Morgan fingerprint density at radius 3 is 2.48 bits per heavy atom. The second-order valence-corrected chi connectivity index (χ2v) is 19.0. The minimum atomic E-state index is -0.745. The first-order valence-corrected chi connectivity index (χ1v) is 20.4. The first kappa shape index (κ1) is 36.1. The number of nitrogens with zero attached hydrogens (tertiary/aromatic N) is 2. The van der Waals surface area contributed by atoms with Crippen molar-refractivity contribution in [3.8, 4) is 0 Å². The van der Waals surface area contributed by atoms with Gasteiger partial charge in [-0.25, -0.2) is 0 Å². The number of rotatable bonds is 8. The number of carbonyl (C=O) groups excluding carboxylic acids is 1. The van der Waals surface area contributed by atoms with E-state index in [0.717, 1.165) is 64.6 Å². The number of likely N-dealkylation sites (tertiary alicyclic amines) is 1. The van der Waals surface area contributed by atoms with Crippen LogP contribution in [0.15, 0.2) is 0 Å². The Kier molecular flexibility index (Phi) is 8.92. The topological polar surface area (TPSA) is 127 Å². The highest BCUT2D eigenvalue weighted by Crippen LogP contribution is 2.87. The van der Waals surface area contributed by atoms with E-state index in [-0.39, 0.29) is 70.0 Å². The molecule has 10 heteroatoms. The standard InChI is InChI=1S/C40H67N3O7/c1-8-42-17-13-25(35(42)46)43-18-19-48-30(21-43)50-29-12-14-38-22-39(38)16-15-37(7)31-23(3)20-26(32(24(4)44)47-9-2)49-33(31)34(45)40(37,41)28(39)11-10-27(38)36(29,5)6/h23-34,44-45H,8-22,41H2,1-7H3. The third-order valence-electron chi connectivity index (χ3n) is 16.9. The summed E-state index contributed by atoms with van der Waals surface area (Å²) in [7, 11) is 0. The average molecular weight is 702 g/mol. The quantitative estimate of drug-likeness (QED) is 0.345. The van der Waals surface area contributed by atoms with E-state index in [1.165, 1.54) is 12.8 Å². The molecular weight excluding hydrogens is 634 g/mol. The minimum Gasteiger partial charge on any atom is -0.391 e. The maximum Gasteiger partial charge on any atom is 0.239 e. The van der Waals surface area contributed by atoms with E-state index in [1.54, 1.807) is 6.92 Å². The van der Waals surface area contributed by atoms with Gasteiger partial charge in [-0.05, 0) is 124 Å². The number of aliphatic hydroxyl groups is 2. The summed E-state index contributed by atoms with van der Waals surface area (Å²) in [6.45, 7) is 19.5. The van der Waals surface area contributed by atoms with Crippen LogP contribution in [0.1, 0.15) is 106 Å². The van der Waals surface area contributed by atoms with Crippen molar-refractivity contribution in [3.05, 3.63) is 0 Å². The Labute approximate surface area is 300 Å². The largest absolute Gasteiger partial charge is 0.391 e. The highest BCUT2D eigenvalue weighted by Gasteiger charge is 2.85. The van der Waals surface area contributed by atoms with E-state index in [1.807, 2.05) is 11.8 Å². The molecule has 5 saturated carbocycles. The van der Waals surface area contributed by atoms with Crippen LogP contribution in [0.5, 0.6) is 0 Å². The number of ether oxygens (including phenoxy) is 4. The van der Waals surface area contributed by atoms with Gasteiger partial charge in [0.1, 0.15) is 6.10 Å². The van der Waals surface area contributed by atoms with Crippen molar-refractivity contribution < 1.29 is 34.0 Å². The molecule has 8 rings (SSSR count). The van der Waals surface area contributed by atoms with Crippen molar-refractivity contribution in [1.29, 1.82) is 0 Å². The van der Waals surface area contributed by atoms with Gasteiger partial charge in [0.05, 0.1) is 55.3 Å². The van der Waals surface area contributed by atoms with Crippen LogP contribution in [-0.2, 0) is 23.7 Å². The summed E-state index contributed by atoms with van der Waals surface area (Å²) in [5, 5.41) is 23.1. The van der Waals surface area contributed by atoms with Crippen LogP contribution >= 0.6 is 0 Å². The third kappa shape index (κ3) is 4.77. The second kappa shape index (κ2) is 12.3. The van der Waals surface area contributed by atoms with Gasteiger partial charge in [-0.15, -0.1) is 0 Å². The molecule has 16 atom stereocenters. The van der Waals surface area contributed by atoms with Crippen LogP contribution in [-0.4, -0.2) is 120 Å². The Bertz CT molecular complexity index is 1320. The van der Waals surface area contributed by atoms with E-state index in [9.17, 15) is 15.0 Å². The number of hydrogen-bond acceptors (Lipinski definition) is 9. The van der Waals surface area contributed by atoms with Crippen LogP contribution in [0.25, 0.3) is 0 Å². The molecule has 3 aliphatic heterocycles. The summed E-state index contributed by atoms with van der Waals surface area (Å²) in [4.78, 5) is 17.3. The smallest absolute Gasteiger partial charge is 0.239 e. The molecule has 50 heavy (non-hydrogen) atoms. The molecule has 0 aromatic heterocycles. The number of fused-ring (bicyclic) bond motifs is 4. The zero-order valence-corrected chi connectivity index (χ0v) is 31.9. The normalized spacial score (nSPS) is 52.4. The molecule has 8 aliphatic rings. The van der Waals surface area contributed by atoms with E-state index in [0.29, 0.717) is 31.6 Å². The van der Waals surface area contributed by atoms with Crippen LogP contribution in [0, 0.1) is 45.3 Å². The van der Waals surface area contributed by atoms with Gasteiger partial charge in [-0.2, -0.15) is 0 Å². The molecule has 8 fully saturated rings. The lowest BCUT2D eigenvalue weighted by atomic mass is 9.43. The summed E-state index contributed by atoms with van der Waals surface area (Å²) >= 11 is 0. The molecular formula is C40H67N3O7. The minimum absolute atomic E-state index is 0.0224. The fraction of sp³-hybridized carbons (Fsp3) is 0.975. The van der Waals surface area contributed by atoms with Gasteiger partial charge in [0.25, 0.3) is 0 Å². The highest BCUT2D eigenvalue weighted by molar-refractivity contribution is 5.84. The summed E-state index contributed by atoms with van der Waals surface area (Å²) in [5.41, 5.74) is 7.26. The zero-order valence-electron chi connectivity index (χ0n) is 31.9. The number of carbonyl (C=O) groups is 1. The number of morpholine rings is 1. The van der Waals surface area contributed by atoms with Crippen molar-refractivity contribution >= 4 is 5.91 Å². The maximum absolute atomic E-state index is 13.0. The summed E-state index contributed by atoms with van der Waals surface area (Å²) in [6, 6.07) is -0.0480. The number of nitrogens with two attached hydrogens (primary N) is 1. The Morgan fingerprint density at radius 1 is 1.04 bits per heavy atom. The fourth-order valence-electron chi connectivity index (χ4n) is 14.7. The Morgan fingerprint density at radius 2 is 1.78 bits per heavy atom. The van der Waals surface area contributed by atoms with Crippen molar-refractivity contribution in [1.82, 2.24) is 9.80 Å². The maximum atomic E-state index is 13.0. The number of amides is 1. The molecule has 3 heterocycles. The lowest BCUT2D eigenvalue weighted by molar-refractivity contribution is -0.248. The molecule has 10 nitrogen and oxygen atoms in total. The van der Waals surface area contributed by atoms with Gasteiger partial charge in [0.15, 0.2) is 6.29 Å². The number of aliphatic hydroxyl groups excluding tert-OH is 2. The van der Waals surface area contributed by atoms with Gasteiger partial charge in [-0.1, -0.05) is 27.7 Å². The Hall–Kier alpha value is -0.850. The lowest BCUT2D eigenvalue weighted by Gasteiger charge is -2.63. The van der Waals surface area contributed by atoms with Crippen molar-refractivity contribution in [2.75, 3.05) is 39.4 Å². The molecule has 4 N–H and O–H groups in total. The van der Waals surface area contributed by atoms with E-state index in [2.05, 4.69) is 39.5 Å². The molecule has 1 amide bonds. The molecule has 0 radical (unpaired) electrons. The Balaban J connectivity index is 0.995. The van der Waals surface area contributed by atoms with Crippen molar-refractivity contribution in [2.45, 2.75) is 161 Å². The van der Waals surface area contributed by atoms with E-state index >= 15 is 0 Å². The predicted molar refractivity (Wildman–Crippen MR) is 189 cm³/mol. The molecule has 5 aliphatic carbocycles. The summed E-state index contributed by atoms with van der Waals surface area (Å²) < 4.78 is 26.0. The van der Waals surface area contributed by atoms with Crippen LogP contribution < -0.4 is 5.73 Å². The first-order chi connectivity index (χ1) is 23.7. The van der Waals surface area contributed by atoms with Gasteiger partial charge in [0, 0.05) is 26.2 Å². The summed E-state index contributed by atoms with van der Waals surface area (Å²) in [6.07, 6.45) is 6.78. The zero-order chi connectivity index (χ0) is 35.6. The van der Waals surface area contributed by atoms with E-state index < -0.39 is 23.9 Å². The van der Waals surface area contributed by atoms with Crippen LogP contribution in [0.4, 0.5) is 0 Å². The third-order valence-corrected chi connectivity index (χ3v) is 16.9. The molecule has 2 spiro atoms. The van der Waals surface area contributed by atoms with E-state index in [4.69, 9.17) is 24.7 Å². The fourth-order valence-corrected chi connectivity index (χ4v) is 14.7. The highest BCUT2D eigenvalue weighted by atomic mass is 16.7. The molecule has 0 bridgehead atoms. The van der Waals surface area contributed by atoms with Gasteiger partial charge in [-0.3, -0.25) is 9.69 Å². The van der Waals surface area contributed by atoms with Crippen molar-refractivity contribution in [3.63, 3.8) is 0 Å². The number of hydrogen-bond donors (Lipinski definition) is 3. The lowest BCUT2D eigenvalue weighted by Crippen LogP contribution is -2.70. The monoisotopic (exact) mass is 701 g/mol. The first-order valence-electron chi connectivity index (χ1n) is 20.4. The van der Waals surface area contributed by atoms with Gasteiger partial charge >= 0.3 is 0 Å². The molecule has 284 valence electrons. The van der Waals surface area contributed by atoms with Gasteiger partial charge < -0.3 is 39.8 Å². The molecule has 0 aromatic rings. The SMILES string of the molecule is CCOC(C(C)O)C1CC(C)C2C(O1)C(O)C1(N)C3CCC4C(C)(C)C(OC5CN(C6CCN(CC)C6=O)CCO5)CCC45CC35CCC21C. The van der Waals surface area contributed by atoms with Crippen LogP contribution in [0.3, 0.4) is 0 Å².